The monoisotopic (exact) mass is 490 g/mol. The largest absolute Gasteiger partial charge is 0.525 e. The first-order chi connectivity index (χ1) is 13.3. The fraction of sp³-hybridized carbons (Fsp3) is 0.429. The molecular formula is C14H34O11Si4. The fourth-order valence-electron chi connectivity index (χ4n) is 1.08. The van der Waals surface area contributed by atoms with Gasteiger partial charge >= 0.3 is 35.2 Å². The standard InChI is InChI=1S/C7H16O5Si2.C4H10O3Si.C3H8O3Si/c1-6-13(8,9-3)12-14(7-2,10-4)11-5;1-4-8(5,6-2)7-3;1-3-7(4,5)6-2/h6-8H,1-2H2,3-5H3;4-5H,1H2,2-3H3;3-5H,1H2,2H3. The molecule has 0 aromatic rings. The van der Waals surface area contributed by atoms with E-state index in [0.717, 1.165) is 5.70 Å². The minimum absolute atomic E-state index is 1.02. The van der Waals surface area contributed by atoms with E-state index in [4.69, 9.17) is 31.8 Å². The molecule has 0 amide bonds. The molecule has 0 spiro atoms. The van der Waals surface area contributed by atoms with E-state index in [0.29, 0.717) is 0 Å². The molecule has 172 valence electrons. The van der Waals surface area contributed by atoms with Crippen molar-refractivity contribution in [3.63, 3.8) is 0 Å². The summed E-state index contributed by atoms with van der Waals surface area (Å²) in [5, 5.41) is 0. The van der Waals surface area contributed by atoms with Crippen molar-refractivity contribution in [2.75, 3.05) is 42.7 Å². The summed E-state index contributed by atoms with van der Waals surface area (Å²) in [5.74, 6) is 0. The van der Waals surface area contributed by atoms with Crippen molar-refractivity contribution >= 4 is 35.2 Å². The molecule has 0 radical (unpaired) electrons. The Morgan fingerprint density at radius 1 is 0.517 bits per heavy atom. The molecule has 0 aliphatic carbocycles. The third kappa shape index (κ3) is 14.1. The van der Waals surface area contributed by atoms with Gasteiger partial charge in [-0.15, -0.1) is 0 Å². The Bertz CT molecular complexity index is 484. The molecule has 0 saturated carbocycles. The predicted octanol–water partition coefficient (Wildman–Crippen LogP) is -0.520. The molecular weight excluding hydrogens is 456 g/mol. The third-order valence-electron chi connectivity index (χ3n) is 3.07. The quantitative estimate of drug-likeness (QED) is 0.262. The van der Waals surface area contributed by atoms with E-state index in [2.05, 4.69) is 39.6 Å². The average Bonchev–Trinajstić information content (AvgIpc) is 2.77. The lowest BCUT2D eigenvalue weighted by atomic mass is 11.3. The molecule has 11 nitrogen and oxygen atoms in total. The molecule has 1 unspecified atom stereocenters. The van der Waals surface area contributed by atoms with Gasteiger partial charge < -0.3 is 49.9 Å². The third-order valence-corrected chi connectivity index (χ3v) is 10.9. The van der Waals surface area contributed by atoms with E-state index in [9.17, 15) is 4.80 Å². The van der Waals surface area contributed by atoms with Crippen molar-refractivity contribution in [1.29, 1.82) is 0 Å². The van der Waals surface area contributed by atoms with E-state index in [1.807, 2.05) is 0 Å². The Labute approximate surface area is 177 Å². The van der Waals surface area contributed by atoms with Crippen molar-refractivity contribution in [2.45, 2.75) is 0 Å². The summed E-state index contributed by atoms with van der Waals surface area (Å²) in [5.41, 5.74) is 4.96. The van der Waals surface area contributed by atoms with Crippen molar-refractivity contribution in [1.82, 2.24) is 0 Å². The maximum atomic E-state index is 9.76. The van der Waals surface area contributed by atoms with Crippen LogP contribution in [0.5, 0.6) is 0 Å². The highest BCUT2D eigenvalue weighted by molar-refractivity contribution is 6.79. The van der Waals surface area contributed by atoms with Crippen LogP contribution in [0.4, 0.5) is 0 Å². The molecule has 29 heavy (non-hydrogen) atoms. The minimum atomic E-state index is -3.39. The molecule has 0 heterocycles. The first-order valence-corrected chi connectivity index (χ1v) is 15.1. The van der Waals surface area contributed by atoms with Gasteiger partial charge in [0.05, 0.1) is 0 Å². The highest BCUT2D eigenvalue weighted by Gasteiger charge is 2.47. The smallest absolute Gasteiger partial charge is 0.387 e. The SMILES string of the molecule is C=C[Si](O)(O)OC.C=C[Si](O)(OC)OC.C=C[Si](O)(OC)O[Si](C=C)(OC)OC. The van der Waals surface area contributed by atoms with Gasteiger partial charge in [0.15, 0.2) is 0 Å². The molecule has 0 aromatic heterocycles. The van der Waals surface area contributed by atoms with Crippen LogP contribution in [0, 0.1) is 0 Å². The van der Waals surface area contributed by atoms with Gasteiger partial charge in [-0.25, -0.2) is 0 Å². The molecule has 0 saturated heterocycles. The molecule has 0 aromatic carbocycles. The zero-order valence-corrected chi connectivity index (χ0v) is 21.8. The Balaban J connectivity index is -0.000000383. The first-order valence-electron chi connectivity index (χ1n) is 7.76. The van der Waals surface area contributed by atoms with Crippen LogP contribution in [0.25, 0.3) is 0 Å². The van der Waals surface area contributed by atoms with Crippen LogP contribution in [-0.4, -0.2) is 97.1 Å². The molecule has 1 atom stereocenters. The van der Waals surface area contributed by atoms with Crippen molar-refractivity contribution in [3.05, 3.63) is 49.1 Å². The van der Waals surface area contributed by atoms with E-state index < -0.39 is 35.2 Å². The van der Waals surface area contributed by atoms with Gasteiger partial charge in [0.1, 0.15) is 0 Å². The number of hydrogen-bond acceptors (Lipinski definition) is 11. The van der Waals surface area contributed by atoms with Crippen LogP contribution < -0.4 is 0 Å². The summed E-state index contributed by atoms with van der Waals surface area (Å²) in [6.07, 6.45) is 0. The number of rotatable bonds is 12. The summed E-state index contributed by atoms with van der Waals surface area (Å²) < 4.78 is 33.6. The zero-order valence-electron chi connectivity index (χ0n) is 17.8. The first kappa shape index (κ1) is 33.0. The maximum Gasteiger partial charge on any atom is 0.525 e. The molecule has 0 rings (SSSR count). The van der Waals surface area contributed by atoms with E-state index in [-0.39, 0.29) is 0 Å². The van der Waals surface area contributed by atoms with Gasteiger partial charge in [0, 0.05) is 42.7 Å². The van der Waals surface area contributed by atoms with E-state index in [1.54, 1.807) is 0 Å². The van der Waals surface area contributed by atoms with Crippen LogP contribution in [0.2, 0.25) is 0 Å². The molecule has 0 bridgehead atoms. The molecule has 0 aliphatic heterocycles. The van der Waals surface area contributed by atoms with Gasteiger partial charge in [-0.2, -0.15) is 0 Å². The van der Waals surface area contributed by atoms with Gasteiger partial charge in [0.25, 0.3) is 0 Å². The number of hydrogen-bond donors (Lipinski definition) is 4. The van der Waals surface area contributed by atoms with E-state index in [1.165, 1.54) is 59.8 Å². The summed E-state index contributed by atoms with van der Waals surface area (Å²) in [6.45, 7) is 13.4. The predicted molar refractivity (Wildman–Crippen MR) is 116 cm³/mol. The van der Waals surface area contributed by atoms with Crippen LogP contribution >= 0.6 is 0 Å². The average molecular weight is 491 g/mol. The van der Waals surface area contributed by atoms with Crippen molar-refractivity contribution in [3.8, 4) is 0 Å². The van der Waals surface area contributed by atoms with Crippen molar-refractivity contribution < 1.29 is 49.9 Å². The fourth-order valence-corrected chi connectivity index (χ4v) is 5.71. The van der Waals surface area contributed by atoms with E-state index >= 15 is 0 Å². The van der Waals surface area contributed by atoms with Gasteiger partial charge in [-0.3, -0.25) is 0 Å². The van der Waals surface area contributed by atoms with Gasteiger partial charge in [-0.1, -0.05) is 26.3 Å². The van der Waals surface area contributed by atoms with Gasteiger partial charge in [-0.05, 0) is 22.8 Å². The second kappa shape index (κ2) is 16.1. The van der Waals surface area contributed by atoms with Crippen LogP contribution in [0.1, 0.15) is 0 Å². The van der Waals surface area contributed by atoms with Gasteiger partial charge in [0.2, 0.25) is 0 Å². The second-order valence-electron chi connectivity index (χ2n) is 4.67. The zero-order chi connectivity index (χ0) is 23.8. The van der Waals surface area contributed by atoms with Crippen LogP contribution in [0.3, 0.4) is 0 Å². The highest BCUT2D eigenvalue weighted by Crippen LogP contribution is 2.15. The summed E-state index contributed by atoms with van der Waals surface area (Å²) >= 11 is 0. The Kier molecular flexibility index (Phi) is 18.4. The summed E-state index contributed by atoms with van der Waals surface area (Å²) in [7, 11) is -4.52. The summed E-state index contributed by atoms with van der Waals surface area (Å²) in [6, 6.07) is 0. The normalized spacial score (nSPS) is 13.6. The Morgan fingerprint density at radius 2 is 0.897 bits per heavy atom. The minimum Gasteiger partial charge on any atom is -0.387 e. The van der Waals surface area contributed by atoms with Crippen molar-refractivity contribution in [2.24, 2.45) is 0 Å². The lowest BCUT2D eigenvalue weighted by Crippen LogP contribution is -2.54. The molecule has 0 fully saturated rings. The topological polar surface area (TPSA) is 146 Å². The Morgan fingerprint density at radius 3 is 1.00 bits per heavy atom. The highest BCUT2D eigenvalue weighted by atomic mass is 28.5. The summed E-state index contributed by atoms with van der Waals surface area (Å²) in [4.78, 5) is 35.7. The molecule has 4 N–H and O–H groups in total. The lowest BCUT2D eigenvalue weighted by molar-refractivity contribution is 0.119. The van der Waals surface area contributed by atoms with Crippen LogP contribution in [0.15, 0.2) is 49.1 Å². The van der Waals surface area contributed by atoms with Crippen LogP contribution in [-0.2, 0) is 30.7 Å². The second-order valence-corrected chi connectivity index (χ2v) is 14.6. The Hall–Kier alpha value is -0.612. The lowest BCUT2D eigenvalue weighted by Gasteiger charge is -2.29. The molecule has 0 aliphatic rings. The molecule has 15 heteroatoms. The maximum absolute atomic E-state index is 9.76.